The highest BCUT2D eigenvalue weighted by Gasteiger charge is 2.36. The minimum Gasteiger partial charge on any atom is -0.394 e. The van der Waals surface area contributed by atoms with Crippen molar-refractivity contribution in [3.8, 4) is 0 Å². The second kappa shape index (κ2) is 4.99. The summed E-state index contributed by atoms with van der Waals surface area (Å²) >= 11 is 0. The van der Waals surface area contributed by atoms with E-state index in [1.165, 1.54) is 0 Å². The Bertz CT molecular complexity index is 392. The first-order valence-electron chi connectivity index (χ1n) is 4.61. The van der Waals surface area contributed by atoms with Crippen LogP contribution >= 0.6 is 0 Å². The zero-order valence-electron chi connectivity index (χ0n) is 8.45. The molecule has 0 saturated heterocycles. The zero-order chi connectivity index (χ0) is 13.2. The summed E-state index contributed by atoms with van der Waals surface area (Å²) in [5, 5.41) is 27.0. The lowest BCUT2D eigenvalue weighted by atomic mass is 9.98. The van der Waals surface area contributed by atoms with Gasteiger partial charge in [-0.05, 0) is 23.8 Å². The number of benzene rings is 1. The van der Waals surface area contributed by atoms with Crippen molar-refractivity contribution in [2.24, 2.45) is 0 Å². The van der Waals surface area contributed by atoms with Gasteiger partial charge in [-0.15, -0.1) is 0 Å². The van der Waals surface area contributed by atoms with Gasteiger partial charge in [0.25, 0.3) is 0 Å². The van der Waals surface area contributed by atoms with E-state index >= 15 is 0 Å². The molecule has 0 saturated carbocycles. The van der Waals surface area contributed by atoms with Crippen LogP contribution in [-0.4, -0.2) is 28.0 Å². The number of rotatable bonds is 3. The maximum atomic E-state index is 12.8. The number of hydrogen-bond donors (Lipinski definition) is 3. The van der Waals surface area contributed by atoms with Gasteiger partial charge in [0.1, 0.15) is 18.0 Å². The summed E-state index contributed by atoms with van der Waals surface area (Å²) in [6, 6.07) is 1.55. The Kier molecular flexibility index (Phi) is 4.07. The molecule has 0 fully saturated rings. The van der Waals surface area contributed by atoms with Crippen LogP contribution in [0.15, 0.2) is 18.2 Å². The summed E-state index contributed by atoms with van der Waals surface area (Å²) in [6.07, 6.45) is -8.59. The molecule has 0 bridgehead atoms. The highest BCUT2D eigenvalue weighted by molar-refractivity contribution is 5.32. The number of aliphatic hydroxyl groups is 3. The van der Waals surface area contributed by atoms with Crippen LogP contribution in [0.2, 0.25) is 0 Å². The average molecular weight is 254 g/mol. The minimum absolute atomic E-state index is 0.470. The van der Waals surface area contributed by atoms with Gasteiger partial charge in [-0.2, -0.15) is 13.2 Å². The van der Waals surface area contributed by atoms with E-state index in [0.717, 1.165) is 0 Å². The summed E-state index contributed by atoms with van der Waals surface area (Å²) in [4.78, 5) is 0. The number of alkyl halides is 3. The van der Waals surface area contributed by atoms with Crippen LogP contribution in [0, 0.1) is 5.82 Å². The SMILES string of the molecule is OCC(O)C(O)c1cc(F)ccc1C(F)(F)F. The second-order valence-electron chi connectivity index (χ2n) is 3.42. The Morgan fingerprint density at radius 2 is 1.76 bits per heavy atom. The lowest BCUT2D eigenvalue weighted by Gasteiger charge is -2.20. The fourth-order valence-electron chi connectivity index (χ4n) is 1.34. The summed E-state index contributed by atoms with van der Waals surface area (Å²) in [5.74, 6) is -0.975. The van der Waals surface area contributed by atoms with Crippen molar-refractivity contribution in [2.45, 2.75) is 18.4 Å². The van der Waals surface area contributed by atoms with Crippen LogP contribution in [-0.2, 0) is 6.18 Å². The van der Waals surface area contributed by atoms with E-state index in [9.17, 15) is 22.7 Å². The molecule has 0 amide bonds. The Morgan fingerprint density at radius 1 is 1.18 bits per heavy atom. The predicted octanol–water partition coefficient (Wildman–Crippen LogP) is 1.23. The number of hydrogen-bond acceptors (Lipinski definition) is 3. The molecule has 1 aromatic rings. The maximum absolute atomic E-state index is 12.8. The van der Waals surface area contributed by atoms with Crippen LogP contribution in [0.5, 0.6) is 0 Å². The molecule has 3 nitrogen and oxygen atoms in total. The van der Waals surface area contributed by atoms with E-state index < -0.39 is 41.9 Å². The Labute approximate surface area is 93.9 Å². The molecule has 2 unspecified atom stereocenters. The molecular weight excluding hydrogens is 244 g/mol. The Morgan fingerprint density at radius 3 is 2.24 bits per heavy atom. The van der Waals surface area contributed by atoms with Gasteiger partial charge >= 0.3 is 6.18 Å². The normalized spacial score (nSPS) is 15.7. The van der Waals surface area contributed by atoms with Crippen molar-refractivity contribution in [3.05, 3.63) is 35.1 Å². The van der Waals surface area contributed by atoms with Crippen LogP contribution < -0.4 is 0 Å². The van der Waals surface area contributed by atoms with Crippen LogP contribution in [0.3, 0.4) is 0 Å². The van der Waals surface area contributed by atoms with E-state index in [2.05, 4.69) is 0 Å². The van der Waals surface area contributed by atoms with Crippen molar-refractivity contribution in [2.75, 3.05) is 6.61 Å². The lowest BCUT2D eigenvalue weighted by Crippen LogP contribution is -2.25. The highest BCUT2D eigenvalue weighted by atomic mass is 19.4. The van der Waals surface area contributed by atoms with Crippen LogP contribution in [0.1, 0.15) is 17.2 Å². The van der Waals surface area contributed by atoms with Gasteiger partial charge in [-0.3, -0.25) is 0 Å². The van der Waals surface area contributed by atoms with E-state index in [1.807, 2.05) is 0 Å². The smallest absolute Gasteiger partial charge is 0.394 e. The van der Waals surface area contributed by atoms with Crippen molar-refractivity contribution in [1.82, 2.24) is 0 Å². The average Bonchev–Trinajstić information content (AvgIpc) is 2.25. The topological polar surface area (TPSA) is 60.7 Å². The van der Waals surface area contributed by atoms with Gasteiger partial charge in [0.15, 0.2) is 0 Å². The van der Waals surface area contributed by atoms with E-state index in [4.69, 9.17) is 10.2 Å². The molecule has 0 aliphatic rings. The van der Waals surface area contributed by atoms with E-state index in [-0.39, 0.29) is 0 Å². The summed E-state index contributed by atoms with van der Waals surface area (Å²) in [6.45, 7) is -0.936. The standard InChI is InChI=1S/C10H10F4O3/c11-5-1-2-7(10(12,13)14)6(3-5)9(17)8(16)4-15/h1-3,8-9,15-17H,4H2. The molecule has 96 valence electrons. The largest absolute Gasteiger partial charge is 0.416 e. The molecule has 3 N–H and O–H groups in total. The molecule has 1 rings (SSSR count). The summed E-state index contributed by atoms with van der Waals surface area (Å²) < 4.78 is 50.4. The van der Waals surface area contributed by atoms with Gasteiger partial charge in [0.2, 0.25) is 0 Å². The molecule has 0 radical (unpaired) electrons. The lowest BCUT2D eigenvalue weighted by molar-refractivity contribution is -0.140. The Balaban J connectivity index is 3.25. The minimum atomic E-state index is -4.78. The molecule has 2 atom stereocenters. The summed E-state index contributed by atoms with van der Waals surface area (Å²) in [7, 11) is 0. The predicted molar refractivity (Wildman–Crippen MR) is 49.5 cm³/mol. The van der Waals surface area contributed by atoms with Gasteiger partial charge in [-0.25, -0.2) is 4.39 Å². The molecule has 17 heavy (non-hydrogen) atoms. The van der Waals surface area contributed by atoms with Crippen molar-refractivity contribution in [1.29, 1.82) is 0 Å². The van der Waals surface area contributed by atoms with Gasteiger partial charge in [-0.1, -0.05) is 0 Å². The first-order valence-corrected chi connectivity index (χ1v) is 4.61. The molecule has 0 heterocycles. The first kappa shape index (κ1) is 13.9. The van der Waals surface area contributed by atoms with Crippen LogP contribution in [0.25, 0.3) is 0 Å². The third-order valence-electron chi connectivity index (χ3n) is 2.19. The Hall–Kier alpha value is -1.18. The second-order valence-corrected chi connectivity index (χ2v) is 3.42. The van der Waals surface area contributed by atoms with Crippen molar-refractivity contribution in [3.63, 3.8) is 0 Å². The van der Waals surface area contributed by atoms with Crippen LogP contribution in [0.4, 0.5) is 17.6 Å². The first-order chi connectivity index (χ1) is 7.77. The molecule has 0 aliphatic heterocycles. The molecule has 7 heteroatoms. The third-order valence-corrected chi connectivity index (χ3v) is 2.19. The fraction of sp³-hybridized carbons (Fsp3) is 0.400. The number of halogens is 4. The molecular formula is C10H10F4O3. The van der Waals surface area contributed by atoms with E-state index in [0.29, 0.717) is 18.2 Å². The van der Waals surface area contributed by atoms with Gasteiger partial charge < -0.3 is 15.3 Å². The monoisotopic (exact) mass is 254 g/mol. The quantitative estimate of drug-likeness (QED) is 0.711. The number of aliphatic hydroxyl groups excluding tert-OH is 3. The van der Waals surface area contributed by atoms with E-state index in [1.54, 1.807) is 0 Å². The van der Waals surface area contributed by atoms with Gasteiger partial charge in [0, 0.05) is 0 Å². The third kappa shape index (κ3) is 3.15. The fourth-order valence-corrected chi connectivity index (χ4v) is 1.34. The molecule has 0 spiro atoms. The zero-order valence-corrected chi connectivity index (χ0v) is 8.45. The molecule has 1 aromatic carbocycles. The highest BCUT2D eigenvalue weighted by Crippen LogP contribution is 2.35. The summed E-state index contributed by atoms with van der Waals surface area (Å²) in [5.41, 5.74) is -2.06. The van der Waals surface area contributed by atoms with Crippen molar-refractivity contribution >= 4 is 0 Å². The maximum Gasteiger partial charge on any atom is 0.416 e. The molecule has 0 aliphatic carbocycles. The van der Waals surface area contributed by atoms with Gasteiger partial charge in [0.05, 0.1) is 12.2 Å². The molecule has 0 aromatic heterocycles. The van der Waals surface area contributed by atoms with Crippen molar-refractivity contribution < 1.29 is 32.9 Å².